The molecule has 0 unspecified atom stereocenters. The van der Waals surface area contributed by atoms with Gasteiger partial charge < -0.3 is 0 Å². The zero-order chi connectivity index (χ0) is 31.5. The Bertz CT molecular complexity index is 2480. The molecule has 3 heteroatoms. The standard InChI is InChI=1S/C44H31N3/c1-44(2)39-20-9-8-16-34(39)38-24-29-21-22-33-32(37(29)25-40(38)44)18-10-19-36(33)43-46-41(28-12-4-3-5-13-28)26-42(47-43)35-17-7-6-15-31(35)30-14-11-23-45-27-30/h3-27H,1-2H3. The van der Waals surface area contributed by atoms with Crippen molar-refractivity contribution in [2.75, 3.05) is 0 Å². The Kier molecular flexibility index (Phi) is 6.16. The van der Waals surface area contributed by atoms with Gasteiger partial charge in [-0.05, 0) is 73.6 Å². The minimum Gasteiger partial charge on any atom is -0.264 e. The molecule has 0 saturated carbocycles. The van der Waals surface area contributed by atoms with Crippen molar-refractivity contribution in [3.05, 3.63) is 163 Å². The maximum atomic E-state index is 5.29. The fraction of sp³-hybridized carbons (Fsp3) is 0.0682. The molecule has 0 N–H and O–H groups in total. The normalized spacial score (nSPS) is 13.1. The second kappa shape index (κ2) is 10.6. The molecule has 0 bridgehead atoms. The van der Waals surface area contributed by atoms with E-state index in [1.165, 1.54) is 38.4 Å². The van der Waals surface area contributed by atoms with Crippen LogP contribution in [0, 0.1) is 0 Å². The molecular formula is C44H31N3. The average molecular weight is 602 g/mol. The Morgan fingerprint density at radius 3 is 2.00 bits per heavy atom. The molecule has 0 saturated heterocycles. The molecule has 9 rings (SSSR count). The summed E-state index contributed by atoms with van der Waals surface area (Å²) in [4.78, 5) is 14.9. The van der Waals surface area contributed by atoms with Crippen molar-refractivity contribution in [1.29, 1.82) is 0 Å². The highest BCUT2D eigenvalue weighted by Gasteiger charge is 2.35. The third-order valence-electron chi connectivity index (χ3n) is 9.79. The van der Waals surface area contributed by atoms with Gasteiger partial charge in [0.2, 0.25) is 0 Å². The molecular weight excluding hydrogens is 571 g/mol. The molecule has 2 aromatic heterocycles. The van der Waals surface area contributed by atoms with Crippen molar-refractivity contribution in [3.8, 4) is 56.2 Å². The molecule has 6 aromatic carbocycles. The Morgan fingerprint density at radius 1 is 0.447 bits per heavy atom. The zero-order valence-corrected chi connectivity index (χ0v) is 26.3. The molecule has 0 atom stereocenters. The average Bonchev–Trinajstić information content (AvgIpc) is 3.36. The van der Waals surface area contributed by atoms with E-state index in [9.17, 15) is 0 Å². The summed E-state index contributed by atoms with van der Waals surface area (Å²) in [5.74, 6) is 0.709. The molecule has 222 valence electrons. The van der Waals surface area contributed by atoms with Crippen LogP contribution >= 0.6 is 0 Å². The zero-order valence-electron chi connectivity index (χ0n) is 26.3. The number of hydrogen-bond donors (Lipinski definition) is 0. The van der Waals surface area contributed by atoms with Gasteiger partial charge in [0.1, 0.15) is 0 Å². The highest BCUT2D eigenvalue weighted by atomic mass is 14.9. The maximum Gasteiger partial charge on any atom is 0.161 e. The van der Waals surface area contributed by atoms with E-state index >= 15 is 0 Å². The predicted octanol–water partition coefficient (Wildman–Crippen LogP) is 11.2. The van der Waals surface area contributed by atoms with E-state index in [0.717, 1.165) is 44.6 Å². The first-order valence-electron chi connectivity index (χ1n) is 16.1. The summed E-state index contributed by atoms with van der Waals surface area (Å²) in [6.45, 7) is 4.68. The first-order chi connectivity index (χ1) is 23.1. The lowest BCUT2D eigenvalue weighted by Crippen LogP contribution is -2.14. The number of pyridine rings is 1. The SMILES string of the molecule is CC1(C)c2ccccc2-c2cc3ccc4c(-c5nc(-c6ccccc6)cc(-c6ccccc6-c6cccnc6)n5)cccc4c3cc21. The lowest BCUT2D eigenvalue weighted by molar-refractivity contribution is 0.661. The maximum absolute atomic E-state index is 5.29. The highest BCUT2D eigenvalue weighted by Crippen LogP contribution is 2.50. The Morgan fingerprint density at radius 2 is 1.17 bits per heavy atom. The van der Waals surface area contributed by atoms with Crippen LogP contribution < -0.4 is 0 Å². The molecule has 2 heterocycles. The fourth-order valence-corrected chi connectivity index (χ4v) is 7.43. The smallest absolute Gasteiger partial charge is 0.161 e. The molecule has 0 spiro atoms. The molecule has 0 amide bonds. The Hall–Kier alpha value is -5.93. The molecule has 0 aliphatic heterocycles. The summed E-state index contributed by atoms with van der Waals surface area (Å²) >= 11 is 0. The van der Waals surface area contributed by atoms with E-state index in [-0.39, 0.29) is 5.41 Å². The van der Waals surface area contributed by atoms with Crippen LogP contribution in [0.2, 0.25) is 0 Å². The molecule has 1 aliphatic rings. The van der Waals surface area contributed by atoms with Gasteiger partial charge in [-0.2, -0.15) is 0 Å². The van der Waals surface area contributed by atoms with E-state index in [1.54, 1.807) is 6.20 Å². The second-order valence-electron chi connectivity index (χ2n) is 12.9. The van der Waals surface area contributed by atoms with Gasteiger partial charge in [-0.3, -0.25) is 4.98 Å². The van der Waals surface area contributed by atoms with Crippen molar-refractivity contribution in [1.82, 2.24) is 15.0 Å². The first-order valence-corrected chi connectivity index (χ1v) is 16.1. The predicted molar refractivity (Wildman–Crippen MR) is 194 cm³/mol. The highest BCUT2D eigenvalue weighted by molar-refractivity contribution is 6.13. The molecule has 0 radical (unpaired) electrons. The van der Waals surface area contributed by atoms with Crippen LogP contribution in [0.3, 0.4) is 0 Å². The summed E-state index contributed by atoms with van der Waals surface area (Å²) in [5, 5.41) is 4.85. The third-order valence-corrected chi connectivity index (χ3v) is 9.79. The van der Waals surface area contributed by atoms with Gasteiger partial charge in [0.15, 0.2) is 5.82 Å². The fourth-order valence-electron chi connectivity index (χ4n) is 7.43. The number of nitrogens with zero attached hydrogens (tertiary/aromatic N) is 3. The van der Waals surface area contributed by atoms with Gasteiger partial charge in [-0.25, -0.2) is 9.97 Å². The minimum absolute atomic E-state index is 0.0659. The topological polar surface area (TPSA) is 38.7 Å². The van der Waals surface area contributed by atoms with Gasteiger partial charge in [-0.15, -0.1) is 0 Å². The molecule has 0 fully saturated rings. The Balaban J connectivity index is 1.27. The summed E-state index contributed by atoms with van der Waals surface area (Å²) < 4.78 is 0. The summed E-state index contributed by atoms with van der Waals surface area (Å²) in [6, 6.07) is 49.6. The Labute approximate surface area is 274 Å². The molecule has 3 nitrogen and oxygen atoms in total. The summed E-state index contributed by atoms with van der Waals surface area (Å²) in [5.41, 5.74) is 12.4. The first kappa shape index (κ1) is 27.4. The van der Waals surface area contributed by atoms with Crippen molar-refractivity contribution in [2.24, 2.45) is 0 Å². The van der Waals surface area contributed by atoms with Gasteiger partial charge in [-0.1, -0.05) is 129 Å². The van der Waals surface area contributed by atoms with Crippen molar-refractivity contribution in [3.63, 3.8) is 0 Å². The molecule has 1 aliphatic carbocycles. The third kappa shape index (κ3) is 4.39. The minimum atomic E-state index is -0.0659. The van der Waals surface area contributed by atoms with Gasteiger partial charge in [0.05, 0.1) is 11.4 Å². The number of hydrogen-bond acceptors (Lipinski definition) is 3. The summed E-state index contributed by atoms with van der Waals surface area (Å²) in [6.07, 6.45) is 3.71. The van der Waals surface area contributed by atoms with Crippen LogP contribution in [-0.2, 0) is 5.41 Å². The van der Waals surface area contributed by atoms with E-state index in [1.807, 2.05) is 18.3 Å². The van der Waals surface area contributed by atoms with E-state index in [2.05, 4.69) is 146 Å². The number of fused-ring (bicyclic) bond motifs is 6. The van der Waals surface area contributed by atoms with E-state index in [0.29, 0.717) is 5.82 Å². The van der Waals surface area contributed by atoms with Crippen LogP contribution in [0.4, 0.5) is 0 Å². The van der Waals surface area contributed by atoms with E-state index in [4.69, 9.17) is 9.97 Å². The van der Waals surface area contributed by atoms with Gasteiger partial charge in [0.25, 0.3) is 0 Å². The lowest BCUT2D eigenvalue weighted by atomic mass is 9.81. The molecule has 8 aromatic rings. The van der Waals surface area contributed by atoms with Crippen LogP contribution in [0.15, 0.2) is 152 Å². The van der Waals surface area contributed by atoms with Gasteiger partial charge in [0, 0.05) is 40.1 Å². The van der Waals surface area contributed by atoms with E-state index < -0.39 is 0 Å². The summed E-state index contributed by atoms with van der Waals surface area (Å²) in [7, 11) is 0. The van der Waals surface area contributed by atoms with Crippen LogP contribution in [0.25, 0.3) is 77.7 Å². The van der Waals surface area contributed by atoms with Crippen LogP contribution in [0.5, 0.6) is 0 Å². The second-order valence-corrected chi connectivity index (χ2v) is 12.9. The molecule has 47 heavy (non-hydrogen) atoms. The quantitative estimate of drug-likeness (QED) is 0.188. The van der Waals surface area contributed by atoms with Crippen LogP contribution in [-0.4, -0.2) is 15.0 Å². The number of benzene rings is 6. The van der Waals surface area contributed by atoms with Crippen molar-refractivity contribution < 1.29 is 0 Å². The van der Waals surface area contributed by atoms with Crippen molar-refractivity contribution in [2.45, 2.75) is 19.3 Å². The van der Waals surface area contributed by atoms with Crippen molar-refractivity contribution >= 4 is 21.5 Å². The van der Waals surface area contributed by atoms with Gasteiger partial charge >= 0.3 is 0 Å². The van der Waals surface area contributed by atoms with Crippen LogP contribution in [0.1, 0.15) is 25.0 Å². The lowest BCUT2D eigenvalue weighted by Gasteiger charge is -2.22. The monoisotopic (exact) mass is 601 g/mol. The number of rotatable bonds is 4. The number of aromatic nitrogens is 3. The largest absolute Gasteiger partial charge is 0.264 e.